The third-order valence-corrected chi connectivity index (χ3v) is 16.9. The summed E-state index contributed by atoms with van der Waals surface area (Å²) in [5.74, 6) is 0. The topological polar surface area (TPSA) is 44.8 Å². The van der Waals surface area contributed by atoms with Crippen LogP contribution in [0.3, 0.4) is 0 Å². The normalized spacial score (nSPS) is 14.1. The molecular weight excluding hydrogens is 852 g/mol. The Bertz CT molecular complexity index is 854. The van der Waals surface area contributed by atoms with Gasteiger partial charge >= 0.3 is 7.82 Å². The van der Waals surface area contributed by atoms with Gasteiger partial charge in [-0.05, 0) is 40.0 Å². The first-order chi connectivity index (χ1) is 33.4. The van der Waals surface area contributed by atoms with Gasteiger partial charge in [0.25, 0.3) is 0 Å². The highest BCUT2D eigenvalue weighted by atomic mass is 31.2. The van der Waals surface area contributed by atoms with Gasteiger partial charge in [-0.3, -0.25) is 13.6 Å². The van der Waals surface area contributed by atoms with Crippen molar-refractivity contribution >= 4 is 7.82 Å². The SMILES string of the molecule is CCCCCCCCCCCCCCCCCCCC(C)OP(=O)(OC(C)CCCCCCCCCCCCCCCCCCC)OC(C)CCCCCCCCCCCCCCCCCCC. The summed E-state index contributed by atoms with van der Waals surface area (Å²) in [5.41, 5.74) is 0. The van der Waals surface area contributed by atoms with E-state index in [4.69, 9.17) is 13.6 Å². The maximum atomic E-state index is 14.3. The molecule has 3 atom stereocenters. The van der Waals surface area contributed by atoms with Crippen molar-refractivity contribution in [3.8, 4) is 0 Å². The predicted octanol–water partition coefficient (Wildman–Crippen LogP) is 24.4. The first-order valence-corrected chi connectivity index (χ1v) is 33.5. The van der Waals surface area contributed by atoms with Gasteiger partial charge in [0.1, 0.15) is 0 Å². The van der Waals surface area contributed by atoms with Gasteiger partial charge in [-0.25, -0.2) is 4.57 Å². The van der Waals surface area contributed by atoms with E-state index in [0.717, 1.165) is 38.5 Å². The summed E-state index contributed by atoms with van der Waals surface area (Å²) in [6.45, 7) is 13.1. The molecule has 0 N–H and O–H groups in total. The van der Waals surface area contributed by atoms with Crippen LogP contribution in [-0.4, -0.2) is 18.3 Å². The second-order valence-corrected chi connectivity index (χ2v) is 24.1. The summed E-state index contributed by atoms with van der Waals surface area (Å²) in [4.78, 5) is 0. The Morgan fingerprint density at radius 1 is 0.221 bits per heavy atom. The number of unbranched alkanes of at least 4 members (excludes halogenated alkanes) is 48. The molecule has 4 nitrogen and oxygen atoms in total. The molecule has 0 aromatic carbocycles. The van der Waals surface area contributed by atoms with Gasteiger partial charge in [-0.2, -0.15) is 0 Å². The molecule has 0 amide bonds. The fourth-order valence-electron chi connectivity index (χ4n) is 10.4. The smallest absolute Gasteiger partial charge is 0.284 e. The molecule has 0 spiro atoms. The van der Waals surface area contributed by atoms with E-state index in [9.17, 15) is 4.57 Å². The van der Waals surface area contributed by atoms with Crippen LogP contribution in [0.1, 0.15) is 388 Å². The van der Waals surface area contributed by atoms with Crippen LogP contribution in [0.15, 0.2) is 0 Å². The highest BCUT2D eigenvalue weighted by Gasteiger charge is 2.33. The zero-order chi connectivity index (χ0) is 49.5. The van der Waals surface area contributed by atoms with E-state index in [1.165, 1.54) is 308 Å². The van der Waals surface area contributed by atoms with Crippen molar-refractivity contribution in [2.75, 3.05) is 0 Å². The fourth-order valence-corrected chi connectivity index (χ4v) is 12.2. The summed E-state index contributed by atoms with van der Waals surface area (Å²) in [6, 6.07) is 0. The summed E-state index contributed by atoms with van der Waals surface area (Å²) >= 11 is 0. The number of rotatable bonds is 60. The Kier molecular flexibility index (Phi) is 56.5. The molecule has 0 aromatic rings. The molecule has 0 aliphatic rings. The Hall–Kier alpha value is 0.110. The molecular formula is C63H129O4P. The van der Waals surface area contributed by atoms with Crippen LogP contribution in [0.4, 0.5) is 0 Å². The molecule has 0 saturated carbocycles. The minimum Gasteiger partial charge on any atom is -0.284 e. The third kappa shape index (κ3) is 53.9. The summed E-state index contributed by atoms with van der Waals surface area (Å²) in [6.07, 6.45) is 72.6. The molecule has 3 unspecified atom stereocenters. The van der Waals surface area contributed by atoms with Crippen LogP contribution in [0, 0.1) is 0 Å². The molecule has 0 aromatic heterocycles. The summed E-state index contributed by atoms with van der Waals surface area (Å²) in [7, 11) is -3.67. The number of phosphoric acid groups is 1. The summed E-state index contributed by atoms with van der Waals surface area (Å²) < 4.78 is 33.2. The van der Waals surface area contributed by atoms with Crippen LogP contribution >= 0.6 is 7.82 Å². The first-order valence-electron chi connectivity index (χ1n) is 32.0. The molecule has 0 saturated heterocycles. The quantitative estimate of drug-likeness (QED) is 0.0450. The van der Waals surface area contributed by atoms with Gasteiger partial charge in [0, 0.05) is 0 Å². The standard InChI is InChI=1S/C63H129O4P/c1-7-10-13-16-19-22-25-28-31-34-37-40-43-46-49-52-55-58-61(4)65-68(64,66-62(5)59-56-53-50-47-44-41-38-35-32-29-26-23-20-17-14-11-8-2)67-63(6)60-57-54-51-48-45-42-39-36-33-30-27-24-21-18-15-12-9-3/h61-63H,7-60H2,1-6H3. The lowest BCUT2D eigenvalue weighted by molar-refractivity contribution is 0.0358. The van der Waals surface area contributed by atoms with Gasteiger partial charge in [-0.1, -0.05) is 348 Å². The van der Waals surface area contributed by atoms with E-state index in [2.05, 4.69) is 41.5 Å². The second-order valence-electron chi connectivity index (χ2n) is 22.5. The molecule has 0 rings (SSSR count). The first kappa shape index (κ1) is 68.1. The van der Waals surface area contributed by atoms with Gasteiger partial charge in [0.05, 0.1) is 18.3 Å². The lowest BCUT2D eigenvalue weighted by Crippen LogP contribution is -2.17. The number of phosphoric ester groups is 1. The van der Waals surface area contributed by atoms with Crippen molar-refractivity contribution in [2.45, 2.75) is 407 Å². The van der Waals surface area contributed by atoms with Crippen molar-refractivity contribution in [3.63, 3.8) is 0 Å². The van der Waals surface area contributed by atoms with Crippen molar-refractivity contribution in [1.82, 2.24) is 0 Å². The van der Waals surface area contributed by atoms with E-state index in [1.807, 2.05) is 0 Å². The molecule has 0 aliphatic carbocycles. The Labute approximate surface area is 430 Å². The third-order valence-electron chi connectivity index (χ3n) is 15.1. The van der Waals surface area contributed by atoms with Crippen LogP contribution < -0.4 is 0 Å². The van der Waals surface area contributed by atoms with Crippen LogP contribution in [0.2, 0.25) is 0 Å². The van der Waals surface area contributed by atoms with Crippen molar-refractivity contribution in [3.05, 3.63) is 0 Å². The molecule has 0 radical (unpaired) electrons. The summed E-state index contributed by atoms with van der Waals surface area (Å²) in [5, 5.41) is 0. The van der Waals surface area contributed by atoms with Crippen molar-refractivity contribution in [1.29, 1.82) is 0 Å². The van der Waals surface area contributed by atoms with E-state index in [1.54, 1.807) is 0 Å². The van der Waals surface area contributed by atoms with Crippen molar-refractivity contribution in [2.24, 2.45) is 0 Å². The Balaban J connectivity index is 4.41. The van der Waals surface area contributed by atoms with Gasteiger partial charge in [0.15, 0.2) is 0 Å². The maximum Gasteiger partial charge on any atom is 0.475 e. The minimum atomic E-state index is -3.67. The number of hydrogen-bond acceptors (Lipinski definition) is 4. The molecule has 0 bridgehead atoms. The molecule has 0 aliphatic heterocycles. The van der Waals surface area contributed by atoms with Crippen LogP contribution in [-0.2, 0) is 18.1 Å². The van der Waals surface area contributed by atoms with Gasteiger partial charge in [-0.15, -0.1) is 0 Å². The Morgan fingerprint density at radius 3 is 0.471 bits per heavy atom. The van der Waals surface area contributed by atoms with Crippen molar-refractivity contribution < 1.29 is 18.1 Å². The van der Waals surface area contributed by atoms with Crippen LogP contribution in [0.5, 0.6) is 0 Å². The predicted molar refractivity (Wildman–Crippen MR) is 306 cm³/mol. The van der Waals surface area contributed by atoms with Gasteiger partial charge in [0.2, 0.25) is 0 Å². The number of hydrogen-bond donors (Lipinski definition) is 0. The van der Waals surface area contributed by atoms with E-state index in [-0.39, 0.29) is 18.3 Å². The van der Waals surface area contributed by atoms with E-state index < -0.39 is 7.82 Å². The lowest BCUT2D eigenvalue weighted by Gasteiger charge is -2.27. The largest absolute Gasteiger partial charge is 0.475 e. The van der Waals surface area contributed by atoms with E-state index in [0.29, 0.717) is 0 Å². The molecule has 68 heavy (non-hydrogen) atoms. The fraction of sp³-hybridized carbons (Fsp3) is 1.00. The average molecular weight is 982 g/mol. The molecule has 5 heteroatoms. The zero-order valence-electron chi connectivity index (χ0n) is 48.0. The zero-order valence-corrected chi connectivity index (χ0v) is 48.9. The second kappa shape index (κ2) is 56.4. The monoisotopic (exact) mass is 981 g/mol. The van der Waals surface area contributed by atoms with Gasteiger partial charge < -0.3 is 0 Å². The molecule has 410 valence electrons. The lowest BCUT2D eigenvalue weighted by atomic mass is 10.0. The van der Waals surface area contributed by atoms with Crippen LogP contribution in [0.25, 0.3) is 0 Å². The minimum absolute atomic E-state index is 0.128. The van der Waals surface area contributed by atoms with E-state index >= 15 is 0 Å². The molecule has 0 fully saturated rings. The average Bonchev–Trinajstić information content (AvgIpc) is 3.31. The highest BCUT2D eigenvalue weighted by molar-refractivity contribution is 7.48. The molecule has 0 heterocycles. The highest BCUT2D eigenvalue weighted by Crippen LogP contribution is 2.54. The Morgan fingerprint density at radius 2 is 0.338 bits per heavy atom. The maximum absolute atomic E-state index is 14.3.